The normalized spacial score (nSPS) is 15.0. The summed E-state index contributed by atoms with van der Waals surface area (Å²) in [7, 11) is -1.98. The van der Waals surface area contributed by atoms with Crippen molar-refractivity contribution in [1.82, 2.24) is 0 Å². The molecule has 1 atom stereocenters. The number of benzene rings is 1. The highest BCUT2D eigenvalue weighted by molar-refractivity contribution is 6.69. The van der Waals surface area contributed by atoms with Gasteiger partial charge in [-0.2, -0.15) is 5.26 Å². The summed E-state index contributed by atoms with van der Waals surface area (Å²) in [5, 5.41) is 9.92. The van der Waals surface area contributed by atoms with Crippen molar-refractivity contribution in [1.29, 1.82) is 5.26 Å². The topological polar surface area (TPSA) is 42.2 Å². The Hall–Kier alpha value is -1.09. The van der Waals surface area contributed by atoms with Crippen LogP contribution in [0.4, 0.5) is 4.39 Å². The van der Waals surface area contributed by atoms with Crippen molar-refractivity contribution >= 4 is 19.9 Å². The monoisotopic (exact) mass is 343 g/mol. The Kier molecular flexibility index (Phi) is 5.66. The van der Waals surface area contributed by atoms with E-state index in [4.69, 9.17) is 20.8 Å². The van der Waals surface area contributed by atoms with Crippen molar-refractivity contribution in [3.63, 3.8) is 0 Å². The predicted molar refractivity (Wildman–Crippen MR) is 89.1 cm³/mol. The minimum atomic E-state index is -1.98. The zero-order valence-corrected chi connectivity index (χ0v) is 15.7. The molecular formula is C16H23ClFNO2Si. The van der Waals surface area contributed by atoms with Gasteiger partial charge in [-0.1, -0.05) is 32.4 Å². The van der Waals surface area contributed by atoms with Gasteiger partial charge in [0, 0.05) is 5.41 Å². The van der Waals surface area contributed by atoms with Crippen molar-refractivity contribution in [2.45, 2.75) is 46.0 Å². The summed E-state index contributed by atoms with van der Waals surface area (Å²) in [6.07, 6.45) is 0. The first-order chi connectivity index (χ1) is 9.90. The van der Waals surface area contributed by atoms with Crippen molar-refractivity contribution in [3.8, 4) is 11.8 Å². The standard InChI is InChI=1S/C16H23ClFNO2Si/c1-15(2,3)16(10-19,21-22(4,5)6)11-20-14-8-7-12(18)9-13(14)17/h7-9H,11H2,1-6H3. The van der Waals surface area contributed by atoms with Gasteiger partial charge in [-0.25, -0.2) is 4.39 Å². The highest BCUT2D eigenvalue weighted by Crippen LogP contribution is 2.37. The maximum atomic E-state index is 13.1. The minimum absolute atomic E-state index is 0.0304. The van der Waals surface area contributed by atoms with Crippen LogP contribution in [0, 0.1) is 22.6 Å². The highest BCUT2D eigenvalue weighted by Gasteiger charge is 2.47. The first kappa shape index (κ1) is 19.0. The van der Waals surface area contributed by atoms with E-state index in [1.165, 1.54) is 18.2 Å². The van der Waals surface area contributed by atoms with Crippen LogP contribution in [0.5, 0.6) is 5.75 Å². The van der Waals surface area contributed by atoms with Crippen LogP contribution >= 0.6 is 11.6 Å². The van der Waals surface area contributed by atoms with Crippen LogP contribution in [0.15, 0.2) is 18.2 Å². The molecule has 0 amide bonds. The van der Waals surface area contributed by atoms with Crippen LogP contribution in [0.1, 0.15) is 20.8 Å². The number of nitriles is 1. The van der Waals surface area contributed by atoms with Gasteiger partial charge < -0.3 is 9.16 Å². The molecule has 1 aromatic carbocycles. The maximum absolute atomic E-state index is 13.1. The summed E-state index contributed by atoms with van der Waals surface area (Å²) in [5.41, 5.74) is -1.55. The lowest BCUT2D eigenvalue weighted by Gasteiger charge is -2.42. The van der Waals surface area contributed by atoms with Gasteiger partial charge in [0.25, 0.3) is 0 Å². The number of nitrogens with zero attached hydrogens (tertiary/aromatic N) is 1. The first-order valence-electron chi connectivity index (χ1n) is 7.09. The van der Waals surface area contributed by atoms with E-state index < -0.39 is 25.2 Å². The summed E-state index contributed by atoms with van der Waals surface area (Å²) in [4.78, 5) is 0. The SMILES string of the molecule is CC(C)(C)C(C#N)(COc1ccc(F)cc1Cl)O[Si](C)(C)C. The molecule has 0 aliphatic heterocycles. The molecule has 1 unspecified atom stereocenters. The zero-order valence-electron chi connectivity index (χ0n) is 14.0. The molecule has 3 nitrogen and oxygen atoms in total. The molecule has 0 fully saturated rings. The van der Waals surface area contributed by atoms with Gasteiger partial charge in [0.1, 0.15) is 24.2 Å². The molecule has 0 aliphatic carbocycles. The zero-order chi connectivity index (χ0) is 17.2. The van der Waals surface area contributed by atoms with Crippen LogP contribution in [0.25, 0.3) is 0 Å². The maximum Gasteiger partial charge on any atom is 0.186 e. The highest BCUT2D eigenvalue weighted by atomic mass is 35.5. The molecule has 0 spiro atoms. The summed E-state index contributed by atoms with van der Waals surface area (Å²) >= 11 is 5.97. The lowest BCUT2D eigenvalue weighted by Crippen LogP contribution is -2.54. The summed E-state index contributed by atoms with van der Waals surface area (Å²) in [6.45, 7) is 11.9. The van der Waals surface area contributed by atoms with Gasteiger partial charge in [-0.05, 0) is 37.8 Å². The second-order valence-electron chi connectivity index (χ2n) is 7.27. The molecule has 22 heavy (non-hydrogen) atoms. The number of rotatable bonds is 5. The van der Waals surface area contributed by atoms with E-state index in [2.05, 4.69) is 6.07 Å². The molecule has 1 rings (SSSR count). The lowest BCUT2D eigenvalue weighted by atomic mass is 9.78. The second-order valence-corrected chi connectivity index (χ2v) is 12.1. The molecule has 0 heterocycles. The average molecular weight is 344 g/mol. The van der Waals surface area contributed by atoms with Gasteiger partial charge in [0.05, 0.1) is 5.02 Å². The first-order valence-corrected chi connectivity index (χ1v) is 10.9. The number of ether oxygens (including phenoxy) is 1. The summed E-state index contributed by atoms with van der Waals surface area (Å²) < 4.78 is 24.9. The lowest BCUT2D eigenvalue weighted by molar-refractivity contribution is -0.0257. The van der Waals surface area contributed by atoms with Crippen LogP contribution in [-0.4, -0.2) is 20.5 Å². The molecule has 0 saturated carbocycles. The fourth-order valence-corrected chi connectivity index (χ4v) is 3.59. The summed E-state index contributed by atoms with van der Waals surface area (Å²) in [6, 6.07) is 6.19. The van der Waals surface area contributed by atoms with E-state index in [1.54, 1.807) is 0 Å². The van der Waals surface area contributed by atoms with Crippen molar-refractivity contribution in [2.75, 3.05) is 6.61 Å². The van der Waals surface area contributed by atoms with E-state index in [-0.39, 0.29) is 11.6 Å². The predicted octanol–water partition coefficient (Wildman–Crippen LogP) is 5.02. The Morgan fingerprint density at radius 2 is 1.86 bits per heavy atom. The van der Waals surface area contributed by atoms with Crippen LogP contribution in [-0.2, 0) is 4.43 Å². The van der Waals surface area contributed by atoms with Gasteiger partial charge in [0.2, 0.25) is 0 Å². The Morgan fingerprint density at radius 1 is 1.27 bits per heavy atom. The van der Waals surface area contributed by atoms with Crippen molar-refractivity contribution in [3.05, 3.63) is 29.0 Å². The molecule has 1 aromatic rings. The summed E-state index contributed by atoms with van der Waals surface area (Å²) in [5.74, 6) is -0.0933. The Bertz CT molecular complexity index is 575. The molecule has 0 bridgehead atoms. The number of hydrogen-bond acceptors (Lipinski definition) is 3. The molecule has 6 heteroatoms. The molecular weight excluding hydrogens is 321 g/mol. The third-order valence-corrected chi connectivity index (χ3v) is 4.45. The largest absolute Gasteiger partial charge is 0.488 e. The van der Waals surface area contributed by atoms with Crippen LogP contribution < -0.4 is 4.74 Å². The molecule has 122 valence electrons. The fourth-order valence-electron chi connectivity index (χ4n) is 1.92. The van der Waals surface area contributed by atoms with Crippen molar-refractivity contribution < 1.29 is 13.6 Å². The molecule has 0 N–H and O–H groups in total. The van der Waals surface area contributed by atoms with Gasteiger partial charge >= 0.3 is 0 Å². The smallest absolute Gasteiger partial charge is 0.186 e. The Labute approximate surface area is 138 Å². The van der Waals surface area contributed by atoms with Gasteiger partial charge in [-0.15, -0.1) is 0 Å². The van der Waals surface area contributed by atoms with Crippen molar-refractivity contribution in [2.24, 2.45) is 5.41 Å². The minimum Gasteiger partial charge on any atom is -0.488 e. The van der Waals surface area contributed by atoms with Crippen LogP contribution in [0.2, 0.25) is 24.7 Å². The van der Waals surface area contributed by atoms with E-state index in [1.807, 2.05) is 40.4 Å². The Morgan fingerprint density at radius 3 is 2.27 bits per heavy atom. The second kappa shape index (κ2) is 6.57. The third kappa shape index (κ3) is 4.70. The van der Waals surface area contributed by atoms with Gasteiger partial charge in [0.15, 0.2) is 13.9 Å². The average Bonchev–Trinajstić information content (AvgIpc) is 2.33. The molecule has 0 aromatic heterocycles. The number of halogens is 2. The van der Waals surface area contributed by atoms with Gasteiger partial charge in [-0.3, -0.25) is 0 Å². The van der Waals surface area contributed by atoms with E-state index >= 15 is 0 Å². The molecule has 0 saturated heterocycles. The van der Waals surface area contributed by atoms with E-state index in [0.717, 1.165) is 0 Å². The molecule has 0 aliphatic rings. The third-order valence-electron chi connectivity index (χ3n) is 3.20. The van der Waals surface area contributed by atoms with Crippen LogP contribution in [0.3, 0.4) is 0 Å². The quantitative estimate of drug-likeness (QED) is 0.705. The van der Waals surface area contributed by atoms with E-state index in [9.17, 15) is 9.65 Å². The Balaban J connectivity index is 3.07. The fraction of sp³-hybridized carbons (Fsp3) is 0.562. The molecule has 0 radical (unpaired) electrons. The van der Waals surface area contributed by atoms with E-state index in [0.29, 0.717) is 5.75 Å². The number of hydrogen-bond donors (Lipinski definition) is 0.